The number of likely N-dealkylation sites (tertiary alicyclic amines) is 1. The number of hydrogen-bond acceptors (Lipinski definition) is 6. The van der Waals surface area contributed by atoms with Crippen LogP contribution in [0.3, 0.4) is 0 Å². The molecule has 0 aliphatic carbocycles. The lowest BCUT2D eigenvalue weighted by Gasteiger charge is -2.31. The quantitative estimate of drug-likeness (QED) is 0.333. The summed E-state index contributed by atoms with van der Waals surface area (Å²) in [6.07, 6.45) is 1.18. The molecule has 0 aromatic carbocycles. The minimum Gasteiger partial charge on any atom is -0.426 e. The van der Waals surface area contributed by atoms with Crippen molar-refractivity contribution in [1.29, 1.82) is 0 Å². The van der Waals surface area contributed by atoms with Gasteiger partial charge in [-0.05, 0) is 32.6 Å². The van der Waals surface area contributed by atoms with Gasteiger partial charge in [0, 0.05) is 6.54 Å². The third kappa shape index (κ3) is 5.69. The molecule has 1 aliphatic heterocycles. The largest absolute Gasteiger partial charge is 0.475 e. The molecule has 1 heterocycles. The van der Waals surface area contributed by atoms with Gasteiger partial charge in [-0.1, -0.05) is 13.8 Å². The minimum atomic E-state index is -1.61. The van der Waals surface area contributed by atoms with Gasteiger partial charge in [0.25, 0.3) is 0 Å². The van der Waals surface area contributed by atoms with Gasteiger partial charge in [0.15, 0.2) is 0 Å². The number of carbonyl (C=O) groups is 3. The first-order valence-electron chi connectivity index (χ1n) is 8.59. The first-order valence-corrected chi connectivity index (χ1v) is 8.59. The molecule has 9 nitrogen and oxygen atoms in total. The molecule has 1 unspecified atom stereocenters. The van der Waals surface area contributed by atoms with Crippen LogP contribution in [0.25, 0.3) is 0 Å². The van der Waals surface area contributed by atoms with Gasteiger partial charge in [-0.2, -0.15) is 0 Å². The number of nitrogens with one attached hydrogen (secondary N) is 2. The molecule has 25 heavy (non-hydrogen) atoms. The monoisotopic (exact) mass is 356 g/mol. The maximum atomic E-state index is 12.8. The number of nitrogens with two attached hydrogens (primary N) is 1. The fourth-order valence-electron chi connectivity index (χ4n) is 2.76. The average molecular weight is 356 g/mol. The van der Waals surface area contributed by atoms with Crippen LogP contribution in [0.5, 0.6) is 0 Å². The Bertz CT molecular complexity index is 500. The lowest BCUT2D eigenvalue weighted by atomic mass is 9.77. The second kappa shape index (κ2) is 9.16. The van der Waals surface area contributed by atoms with Crippen LogP contribution in [0.15, 0.2) is 0 Å². The number of rotatable bonds is 7. The number of carbonyl (C=O) groups excluding carboxylic acids is 3. The second-order valence-electron chi connectivity index (χ2n) is 6.90. The van der Waals surface area contributed by atoms with Crippen molar-refractivity contribution in [2.45, 2.75) is 64.6 Å². The van der Waals surface area contributed by atoms with E-state index in [-0.39, 0.29) is 11.8 Å². The molecular weight excluding hydrogens is 327 g/mol. The van der Waals surface area contributed by atoms with Gasteiger partial charge in [0.1, 0.15) is 12.1 Å². The summed E-state index contributed by atoms with van der Waals surface area (Å²) in [6, 6.07) is -2.40. The molecular formula is C15H29BN4O5. The van der Waals surface area contributed by atoms with E-state index in [9.17, 15) is 24.4 Å². The first-order chi connectivity index (χ1) is 11.6. The van der Waals surface area contributed by atoms with Crippen LogP contribution in [-0.2, 0) is 14.4 Å². The van der Waals surface area contributed by atoms with Crippen LogP contribution in [-0.4, -0.2) is 70.4 Å². The predicted molar refractivity (Wildman–Crippen MR) is 92.9 cm³/mol. The molecule has 10 heteroatoms. The van der Waals surface area contributed by atoms with E-state index in [2.05, 4.69) is 10.6 Å². The van der Waals surface area contributed by atoms with Crippen LogP contribution in [0, 0.1) is 5.92 Å². The predicted octanol–water partition coefficient (Wildman–Crippen LogP) is -2.02. The Kier molecular flexibility index (Phi) is 7.84. The summed E-state index contributed by atoms with van der Waals surface area (Å²) in [5, 5.41) is 24.0. The minimum absolute atomic E-state index is 0.204. The lowest BCUT2D eigenvalue weighted by Crippen LogP contribution is -2.58. The van der Waals surface area contributed by atoms with Crippen LogP contribution < -0.4 is 16.4 Å². The van der Waals surface area contributed by atoms with Gasteiger partial charge >= 0.3 is 7.12 Å². The zero-order valence-corrected chi connectivity index (χ0v) is 15.2. The second-order valence-corrected chi connectivity index (χ2v) is 6.90. The van der Waals surface area contributed by atoms with E-state index in [0.717, 1.165) is 0 Å². The standard InChI is InChI=1S/C15H29BN4O5/c1-8(2)12(15(23)20-7-5-6-11(20)16(24)25)19-14(22)10(4)18-13(21)9(3)17/h8-12,24-25H,5-7,17H2,1-4H3,(H,18,21)(H,19,22)/t9-,10+,11+,12?/m1/s1. The smallest absolute Gasteiger partial charge is 0.426 e. The van der Waals surface area contributed by atoms with Crippen molar-refractivity contribution in [3.63, 3.8) is 0 Å². The topological polar surface area (TPSA) is 145 Å². The summed E-state index contributed by atoms with van der Waals surface area (Å²) in [5.74, 6) is -2.19. The van der Waals surface area contributed by atoms with Gasteiger partial charge in [-0.25, -0.2) is 0 Å². The maximum absolute atomic E-state index is 12.8. The number of hydrogen-bond donors (Lipinski definition) is 5. The van der Waals surface area contributed by atoms with Crippen molar-refractivity contribution >= 4 is 24.8 Å². The summed E-state index contributed by atoms with van der Waals surface area (Å²) in [5.41, 5.74) is 5.46. The van der Waals surface area contributed by atoms with E-state index in [0.29, 0.717) is 19.4 Å². The van der Waals surface area contributed by atoms with Crippen molar-refractivity contribution in [1.82, 2.24) is 15.5 Å². The van der Waals surface area contributed by atoms with Crippen LogP contribution >= 0.6 is 0 Å². The molecule has 0 bridgehead atoms. The Morgan fingerprint density at radius 2 is 1.72 bits per heavy atom. The third-order valence-electron chi connectivity index (χ3n) is 4.32. The molecule has 0 aromatic rings. The Morgan fingerprint density at radius 3 is 2.20 bits per heavy atom. The summed E-state index contributed by atoms with van der Waals surface area (Å²) < 4.78 is 0. The van der Waals surface area contributed by atoms with Crippen molar-refractivity contribution in [3.8, 4) is 0 Å². The van der Waals surface area contributed by atoms with E-state index in [1.165, 1.54) is 18.7 Å². The van der Waals surface area contributed by atoms with E-state index >= 15 is 0 Å². The molecule has 0 saturated carbocycles. The third-order valence-corrected chi connectivity index (χ3v) is 4.32. The molecule has 1 fully saturated rings. The Hall–Kier alpha value is -1.65. The molecule has 6 N–H and O–H groups in total. The average Bonchev–Trinajstić information content (AvgIpc) is 3.00. The molecule has 1 rings (SSSR count). The van der Waals surface area contributed by atoms with E-state index in [1.807, 2.05) is 0 Å². The highest BCUT2D eigenvalue weighted by atomic mass is 16.4. The van der Waals surface area contributed by atoms with E-state index in [4.69, 9.17) is 5.73 Å². The van der Waals surface area contributed by atoms with Crippen LogP contribution in [0.1, 0.15) is 40.5 Å². The molecule has 4 atom stereocenters. The zero-order chi connectivity index (χ0) is 19.3. The van der Waals surface area contributed by atoms with Crippen molar-refractivity contribution in [2.75, 3.05) is 6.54 Å². The fourth-order valence-corrected chi connectivity index (χ4v) is 2.76. The Morgan fingerprint density at radius 1 is 1.12 bits per heavy atom. The SMILES string of the molecule is CC(C)C(NC(=O)[C@H](C)NC(=O)[C@@H](C)N)C(=O)N1CCC[C@H]1B(O)O. The lowest BCUT2D eigenvalue weighted by molar-refractivity contribution is -0.138. The highest BCUT2D eigenvalue weighted by Gasteiger charge is 2.40. The molecule has 142 valence electrons. The Balaban J connectivity index is 2.78. The van der Waals surface area contributed by atoms with E-state index < -0.39 is 43.0 Å². The van der Waals surface area contributed by atoms with Crippen molar-refractivity contribution in [3.05, 3.63) is 0 Å². The molecule has 3 amide bonds. The van der Waals surface area contributed by atoms with Gasteiger partial charge in [0.2, 0.25) is 17.7 Å². The van der Waals surface area contributed by atoms with E-state index in [1.54, 1.807) is 13.8 Å². The maximum Gasteiger partial charge on any atom is 0.475 e. The summed E-state index contributed by atoms with van der Waals surface area (Å²) in [7, 11) is -1.61. The summed E-state index contributed by atoms with van der Waals surface area (Å²) in [4.78, 5) is 38.1. The Labute approximate surface area is 148 Å². The van der Waals surface area contributed by atoms with Crippen LogP contribution in [0.2, 0.25) is 0 Å². The number of nitrogens with zero attached hydrogens (tertiary/aromatic N) is 1. The van der Waals surface area contributed by atoms with Gasteiger partial charge < -0.3 is 31.3 Å². The molecule has 1 saturated heterocycles. The zero-order valence-electron chi connectivity index (χ0n) is 15.2. The molecule has 0 spiro atoms. The van der Waals surface area contributed by atoms with Crippen molar-refractivity contribution < 1.29 is 24.4 Å². The van der Waals surface area contributed by atoms with Gasteiger partial charge in [0.05, 0.1) is 12.0 Å². The summed E-state index contributed by atoms with van der Waals surface area (Å²) >= 11 is 0. The first kappa shape index (κ1) is 21.4. The van der Waals surface area contributed by atoms with Crippen LogP contribution in [0.4, 0.5) is 0 Å². The molecule has 1 aliphatic rings. The van der Waals surface area contributed by atoms with Crippen molar-refractivity contribution in [2.24, 2.45) is 11.7 Å². The van der Waals surface area contributed by atoms with Gasteiger partial charge in [-0.15, -0.1) is 0 Å². The highest BCUT2D eigenvalue weighted by molar-refractivity contribution is 6.43. The molecule has 0 aromatic heterocycles. The molecule has 0 radical (unpaired) electrons. The number of amides is 3. The summed E-state index contributed by atoms with van der Waals surface area (Å²) in [6.45, 7) is 7.00. The highest BCUT2D eigenvalue weighted by Crippen LogP contribution is 2.20. The normalized spacial score (nSPS) is 20.8. The van der Waals surface area contributed by atoms with Gasteiger partial charge in [-0.3, -0.25) is 14.4 Å². The fraction of sp³-hybridized carbons (Fsp3) is 0.800.